The first-order valence-corrected chi connectivity index (χ1v) is 5.90. The molecule has 0 atom stereocenters. The van der Waals surface area contributed by atoms with Crippen LogP contribution in [0.5, 0.6) is 0 Å². The highest BCUT2D eigenvalue weighted by atomic mass is 16.5. The molecule has 1 aromatic carbocycles. The lowest BCUT2D eigenvalue weighted by molar-refractivity contribution is 0.0595. The number of carbonyl (C=O) groups is 1. The molecule has 0 spiro atoms. The van der Waals surface area contributed by atoms with E-state index in [1.165, 1.54) is 7.11 Å². The van der Waals surface area contributed by atoms with E-state index in [2.05, 4.69) is 19.9 Å². The lowest BCUT2D eigenvalue weighted by Crippen LogP contribution is -2.01. The van der Waals surface area contributed by atoms with E-state index in [4.69, 9.17) is 0 Å². The number of H-pyrrole nitrogens is 2. The minimum absolute atomic E-state index is 0.367. The Morgan fingerprint density at radius 1 is 1.32 bits per heavy atom. The molecule has 0 amide bonds. The van der Waals surface area contributed by atoms with Gasteiger partial charge in [-0.15, -0.1) is 0 Å². The van der Waals surface area contributed by atoms with E-state index in [1.54, 1.807) is 12.3 Å². The number of aromatic nitrogens is 3. The molecule has 2 N–H and O–H groups in total. The molecule has 0 aliphatic rings. The molecule has 3 aromatic rings. The van der Waals surface area contributed by atoms with Gasteiger partial charge in [0.25, 0.3) is 0 Å². The minimum Gasteiger partial charge on any atom is -0.464 e. The van der Waals surface area contributed by atoms with Crippen LogP contribution in [-0.4, -0.2) is 28.3 Å². The number of rotatable bonds is 2. The summed E-state index contributed by atoms with van der Waals surface area (Å²) in [6, 6.07) is 7.68. The number of hydrogen-bond donors (Lipinski definition) is 2. The Balaban J connectivity index is 2.10. The minimum atomic E-state index is -0.367. The van der Waals surface area contributed by atoms with Crippen LogP contribution < -0.4 is 0 Å². The second-order valence-corrected chi connectivity index (χ2v) is 4.40. The van der Waals surface area contributed by atoms with Crippen LogP contribution in [0, 0.1) is 6.92 Å². The molecule has 19 heavy (non-hydrogen) atoms. The summed E-state index contributed by atoms with van der Waals surface area (Å²) in [5.41, 5.74) is 4.49. The number of ether oxygens (including phenoxy) is 1. The number of carbonyl (C=O) groups excluding carboxylic acids is 1. The van der Waals surface area contributed by atoms with Crippen LogP contribution in [0.15, 0.2) is 30.5 Å². The molecule has 0 unspecified atom stereocenters. The Labute approximate surface area is 109 Å². The Bertz CT molecular complexity index is 755. The highest BCUT2D eigenvalue weighted by molar-refractivity contribution is 5.90. The molecule has 2 aromatic heterocycles. The molecule has 5 heteroatoms. The number of aromatic amines is 2. The van der Waals surface area contributed by atoms with E-state index in [1.807, 2.05) is 25.1 Å². The molecule has 96 valence electrons. The zero-order valence-electron chi connectivity index (χ0n) is 10.7. The molecule has 0 aliphatic carbocycles. The lowest BCUT2D eigenvalue weighted by atomic mass is 10.0. The average Bonchev–Trinajstić information content (AvgIpc) is 3.04. The van der Waals surface area contributed by atoms with E-state index < -0.39 is 0 Å². The first-order chi connectivity index (χ1) is 9.19. The second-order valence-electron chi connectivity index (χ2n) is 4.40. The van der Waals surface area contributed by atoms with Gasteiger partial charge in [-0.05, 0) is 36.8 Å². The maximum atomic E-state index is 11.4. The van der Waals surface area contributed by atoms with Crippen LogP contribution in [0.1, 0.15) is 16.1 Å². The smallest absolute Gasteiger partial charge is 0.354 e. The van der Waals surface area contributed by atoms with Crippen molar-refractivity contribution in [2.75, 3.05) is 7.11 Å². The van der Waals surface area contributed by atoms with Gasteiger partial charge in [0.05, 0.1) is 18.8 Å². The third-order valence-electron chi connectivity index (χ3n) is 3.17. The molecule has 0 radical (unpaired) electrons. The van der Waals surface area contributed by atoms with Crippen LogP contribution in [0.3, 0.4) is 0 Å². The third kappa shape index (κ3) is 1.89. The summed E-state index contributed by atoms with van der Waals surface area (Å²) < 4.78 is 4.69. The summed E-state index contributed by atoms with van der Waals surface area (Å²) in [5.74, 6) is -0.367. The van der Waals surface area contributed by atoms with Crippen molar-refractivity contribution in [1.82, 2.24) is 15.2 Å². The van der Waals surface area contributed by atoms with Gasteiger partial charge in [-0.3, -0.25) is 5.10 Å². The summed E-state index contributed by atoms with van der Waals surface area (Å²) in [6.07, 6.45) is 1.78. The molecule has 3 rings (SSSR count). The van der Waals surface area contributed by atoms with E-state index in [-0.39, 0.29) is 5.97 Å². The molecule has 0 saturated heterocycles. The maximum Gasteiger partial charge on any atom is 0.354 e. The molecule has 2 heterocycles. The fourth-order valence-corrected chi connectivity index (χ4v) is 2.17. The highest BCUT2D eigenvalue weighted by Crippen LogP contribution is 2.27. The number of aryl methyl sites for hydroxylation is 1. The summed E-state index contributed by atoms with van der Waals surface area (Å²) in [4.78, 5) is 14.5. The van der Waals surface area contributed by atoms with Crippen LogP contribution in [0.4, 0.5) is 0 Å². The number of methoxy groups -OCH3 is 1. The van der Waals surface area contributed by atoms with Crippen molar-refractivity contribution in [2.45, 2.75) is 6.92 Å². The topological polar surface area (TPSA) is 70.8 Å². The van der Waals surface area contributed by atoms with Gasteiger partial charge in [-0.25, -0.2) is 4.79 Å². The van der Waals surface area contributed by atoms with Crippen LogP contribution in [-0.2, 0) is 4.74 Å². The molecule has 0 bridgehead atoms. The summed E-state index contributed by atoms with van der Waals surface area (Å²) in [5, 5.41) is 7.99. The SMILES string of the molecule is COC(=O)c1ccc(-c2cc3cn[nH]c3cc2C)[nH]1. The molecule has 5 nitrogen and oxygen atoms in total. The Morgan fingerprint density at radius 3 is 2.95 bits per heavy atom. The number of nitrogens with zero attached hydrogens (tertiary/aromatic N) is 1. The zero-order valence-corrected chi connectivity index (χ0v) is 10.7. The van der Waals surface area contributed by atoms with E-state index in [9.17, 15) is 4.79 Å². The van der Waals surface area contributed by atoms with Crippen LogP contribution >= 0.6 is 0 Å². The molecule has 0 fully saturated rings. The number of hydrogen-bond acceptors (Lipinski definition) is 3. The fourth-order valence-electron chi connectivity index (χ4n) is 2.17. The van der Waals surface area contributed by atoms with Crippen molar-refractivity contribution >= 4 is 16.9 Å². The fraction of sp³-hybridized carbons (Fsp3) is 0.143. The summed E-state index contributed by atoms with van der Waals surface area (Å²) in [6.45, 7) is 2.02. The monoisotopic (exact) mass is 255 g/mol. The lowest BCUT2D eigenvalue weighted by Gasteiger charge is -2.04. The number of fused-ring (bicyclic) bond motifs is 1. The first-order valence-electron chi connectivity index (χ1n) is 5.90. The van der Waals surface area contributed by atoms with Crippen molar-refractivity contribution < 1.29 is 9.53 Å². The molecule has 0 saturated carbocycles. The van der Waals surface area contributed by atoms with Crippen molar-refractivity contribution in [3.63, 3.8) is 0 Å². The molecular weight excluding hydrogens is 242 g/mol. The van der Waals surface area contributed by atoms with Gasteiger partial charge in [0, 0.05) is 16.6 Å². The third-order valence-corrected chi connectivity index (χ3v) is 3.17. The van der Waals surface area contributed by atoms with Gasteiger partial charge in [-0.1, -0.05) is 0 Å². The normalized spacial score (nSPS) is 10.8. The average molecular weight is 255 g/mol. The van der Waals surface area contributed by atoms with Gasteiger partial charge in [0.2, 0.25) is 0 Å². The van der Waals surface area contributed by atoms with Crippen LogP contribution in [0.2, 0.25) is 0 Å². The van der Waals surface area contributed by atoms with E-state index in [0.29, 0.717) is 5.69 Å². The number of benzene rings is 1. The van der Waals surface area contributed by atoms with Crippen molar-refractivity contribution in [2.24, 2.45) is 0 Å². The molecule has 0 aliphatic heterocycles. The maximum absolute atomic E-state index is 11.4. The van der Waals surface area contributed by atoms with Crippen molar-refractivity contribution in [3.05, 3.63) is 41.7 Å². The van der Waals surface area contributed by atoms with Crippen molar-refractivity contribution in [3.8, 4) is 11.3 Å². The highest BCUT2D eigenvalue weighted by Gasteiger charge is 2.11. The Morgan fingerprint density at radius 2 is 2.16 bits per heavy atom. The largest absolute Gasteiger partial charge is 0.464 e. The molecular formula is C14H13N3O2. The predicted molar refractivity (Wildman–Crippen MR) is 72.0 cm³/mol. The second kappa shape index (κ2) is 4.28. The summed E-state index contributed by atoms with van der Waals surface area (Å²) in [7, 11) is 1.37. The quantitative estimate of drug-likeness (QED) is 0.691. The van der Waals surface area contributed by atoms with Gasteiger partial charge in [0.15, 0.2) is 0 Å². The first kappa shape index (κ1) is 11.5. The summed E-state index contributed by atoms with van der Waals surface area (Å²) >= 11 is 0. The van der Waals surface area contributed by atoms with Gasteiger partial charge in [-0.2, -0.15) is 5.10 Å². The zero-order chi connectivity index (χ0) is 13.4. The Kier molecular flexibility index (Phi) is 2.59. The van der Waals surface area contributed by atoms with Crippen molar-refractivity contribution in [1.29, 1.82) is 0 Å². The van der Waals surface area contributed by atoms with Gasteiger partial charge >= 0.3 is 5.97 Å². The van der Waals surface area contributed by atoms with Crippen LogP contribution in [0.25, 0.3) is 22.2 Å². The van der Waals surface area contributed by atoms with Gasteiger partial charge < -0.3 is 9.72 Å². The van der Waals surface area contributed by atoms with E-state index in [0.717, 1.165) is 27.7 Å². The van der Waals surface area contributed by atoms with Gasteiger partial charge in [0.1, 0.15) is 5.69 Å². The standard InChI is InChI=1S/C14H13N3O2/c1-8-5-13-9(7-15-17-13)6-10(8)11-3-4-12(16-11)14(18)19-2/h3-7,16H,1-2H3,(H,15,17). The Hall–Kier alpha value is -2.56. The number of nitrogens with one attached hydrogen (secondary N) is 2. The number of esters is 1. The van der Waals surface area contributed by atoms with E-state index >= 15 is 0 Å². The predicted octanol–water partition coefficient (Wildman–Crippen LogP) is 2.65.